The largest absolute Gasteiger partial charge is 0.331 e. The normalized spacial score (nSPS) is 16.6. The third kappa shape index (κ3) is 6.91. The minimum Gasteiger partial charge on any atom is -0.331 e. The van der Waals surface area contributed by atoms with Crippen molar-refractivity contribution in [3.8, 4) is 33.9 Å². The number of aromatic nitrogens is 4. The highest BCUT2D eigenvalue weighted by Gasteiger charge is 2.47. The first-order valence-corrected chi connectivity index (χ1v) is 19.2. The summed E-state index contributed by atoms with van der Waals surface area (Å²) in [4.78, 5) is 19.4. The number of nitrogens with zero attached hydrogens (tertiary/aromatic N) is 4. The average Bonchev–Trinajstić information content (AvgIpc) is 3.56. The standard InChI is InChI=1S/C45H34N4.C2H7N.C2H6/c1-4-13-31(14-5-1)42-47-43(32-15-6-2-7-16-32)49-44(48-42)35-18-12-17-33(29-35)34-23-24-41-39(30-34)38-21-10-11-22-40(38)45(41,36-19-8-3-9-20-36)37-25-27-46-28-26-37;1-2-3;1-2/h1-6,8-10,12-15,17-21,23-30H,7,11,16,22H2;2-3H2,1H3;1-2H3. The summed E-state index contributed by atoms with van der Waals surface area (Å²) in [5.41, 5.74) is 17.8. The van der Waals surface area contributed by atoms with Crippen LogP contribution in [0.3, 0.4) is 0 Å². The summed E-state index contributed by atoms with van der Waals surface area (Å²) in [6.07, 6.45) is 18.9. The Morgan fingerprint density at radius 1 is 0.611 bits per heavy atom. The molecule has 0 saturated heterocycles. The summed E-state index contributed by atoms with van der Waals surface area (Å²) >= 11 is 0. The Balaban J connectivity index is 0.000000859. The Morgan fingerprint density at radius 2 is 1.22 bits per heavy atom. The van der Waals surface area contributed by atoms with Gasteiger partial charge in [0.05, 0.1) is 5.41 Å². The van der Waals surface area contributed by atoms with Crippen molar-refractivity contribution < 1.29 is 0 Å². The fraction of sp³-hybridized carbons (Fsp3) is 0.184. The first-order chi connectivity index (χ1) is 26.7. The van der Waals surface area contributed by atoms with E-state index >= 15 is 0 Å². The van der Waals surface area contributed by atoms with Gasteiger partial charge in [0.15, 0.2) is 17.5 Å². The number of pyridine rings is 1. The summed E-state index contributed by atoms with van der Waals surface area (Å²) in [6.45, 7) is 6.65. The minimum atomic E-state index is -0.363. The lowest BCUT2D eigenvalue weighted by Crippen LogP contribution is -2.30. The fourth-order valence-electron chi connectivity index (χ4n) is 7.85. The van der Waals surface area contributed by atoms with Crippen LogP contribution in [0.4, 0.5) is 0 Å². The van der Waals surface area contributed by atoms with Crippen molar-refractivity contribution in [3.63, 3.8) is 0 Å². The van der Waals surface area contributed by atoms with E-state index in [9.17, 15) is 0 Å². The van der Waals surface area contributed by atoms with E-state index in [-0.39, 0.29) is 5.41 Å². The summed E-state index contributed by atoms with van der Waals surface area (Å²) < 4.78 is 0. The van der Waals surface area contributed by atoms with Crippen LogP contribution in [-0.2, 0) is 5.41 Å². The van der Waals surface area contributed by atoms with E-state index in [4.69, 9.17) is 20.7 Å². The van der Waals surface area contributed by atoms with E-state index in [2.05, 4.69) is 132 Å². The quantitative estimate of drug-likeness (QED) is 0.187. The third-order valence-electron chi connectivity index (χ3n) is 10.1. The molecule has 2 aromatic heterocycles. The molecule has 0 aliphatic heterocycles. The van der Waals surface area contributed by atoms with Crippen LogP contribution in [0.2, 0.25) is 0 Å². The molecule has 6 aromatic rings. The van der Waals surface area contributed by atoms with Crippen LogP contribution in [-0.4, -0.2) is 26.5 Å². The smallest absolute Gasteiger partial charge is 0.164 e. The molecule has 0 saturated carbocycles. The Labute approximate surface area is 319 Å². The second-order valence-electron chi connectivity index (χ2n) is 13.3. The summed E-state index contributed by atoms with van der Waals surface area (Å²) in [5.74, 6) is 2.12. The molecule has 0 bridgehead atoms. The number of hydrogen-bond donors (Lipinski definition) is 1. The molecule has 0 amide bonds. The maximum Gasteiger partial charge on any atom is 0.164 e. The zero-order valence-electron chi connectivity index (χ0n) is 31.4. The maximum atomic E-state index is 5.04. The van der Waals surface area contributed by atoms with Gasteiger partial charge in [-0.25, -0.2) is 15.0 Å². The molecule has 268 valence electrons. The molecule has 2 heterocycles. The van der Waals surface area contributed by atoms with E-state index < -0.39 is 0 Å². The molecule has 4 aromatic carbocycles. The molecule has 1 atom stereocenters. The van der Waals surface area contributed by atoms with E-state index in [1.165, 1.54) is 39.0 Å². The van der Waals surface area contributed by atoms with Gasteiger partial charge in [-0.15, -0.1) is 0 Å². The first-order valence-electron chi connectivity index (χ1n) is 19.2. The van der Waals surface area contributed by atoms with Gasteiger partial charge < -0.3 is 5.73 Å². The van der Waals surface area contributed by atoms with Gasteiger partial charge in [0.1, 0.15) is 0 Å². The predicted octanol–water partition coefficient (Wildman–Crippen LogP) is 11.4. The van der Waals surface area contributed by atoms with Crippen molar-refractivity contribution in [1.82, 2.24) is 19.9 Å². The number of rotatable bonds is 6. The molecule has 1 unspecified atom stereocenters. The lowest BCUT2D eigenvalue weighted by Gasteiger charge is -2.36. The van der Waals surface area contributed by atoms with Crippen LogP contribution in [0, 0.1) is 0 Å². The van der Waals surface area contributed by atoms with Crippen molar-refractivity contribution >= 4 is 11.1 Å². The summed E-state index contributed by atoms with van der Waals surface area (Å²) in [6, 6.07) is 41.2. The Morgan fingerprint density at radius 3 is 1.94 bits per heavy atom. The van der Waals surface area contributed by atoms with Crippen LogP contribution in [0.15, 0.2) is 164 Å². The number of hydrogen-bond acceptors (Lipinski definition) is 5. The van der Waals surface area contributed by atoms with Crippen molar-refractivity contribution in [2.24, 2.45) is 5.73 Å². The fourth-order valence-corrected chi connectivity index (χ4v) is 7.85. The van der Waals surface area contributed by atoms with E-state index in [1.807, 2.05) is 51.4 Å². The van der Waals surface area contributed by atoms with Crippen molar-refractivity contribution in [1.29, 1.82) is 0 Å². The van der Waals surface area contributed by atoms with Gasteiger partial charge in [0, 0.05) is 23.5 Å². The number of benzene rings is 4. The highest BCUT2D eigenvalue weighted by Crippen LogP contribution is 2.57. The second-order valence-corrected chi connectivity index (χ2v) is 13.3. The number of fused-ring (bicyclic) bond motifs is 2. The van der Waals surface area contributed by atoms with Gasteiger partial charge in [-0.1, -0.05) is 142 Å². The molecule has 5 heteroatoms. The summed E-state index contributed by atoms with van der Waals surface area (Å²) in [7, 11) is 0. The van der Waals surface area contributed by atoms with Gasteiger partial charge in [0.2, 0.25) is 0 Å². The van der Waals surface area contributed by atoms with Crippen molar-refractivity contribution in [2.45, 2.75) is 51.9 Å². The molecular weight excluding hydrogens is 659 g/mol. The topological polar surface area (TPSA) is 77.6 Å². The van der Waals surface area contributed by atoms with Crippen LogP contribution in [0.5, 0.6) is 0 Å². The molecule has 0 spiro atoms. The molecule has 2 N–H and O–H groups in total. The van der Waals surface area contributed by atoms with E-state index in [1.54, 1.807) is 0 Å². The highest BCUT2D eigenvalue weighted by molar-refractivity contribution is 5.92. The predicted molar refractivity (Wildman–Crippen MR) is 224 cm³/mol. The molecule has 0 radical (unpaired) electrons. The minimum absolute atomic E-state index is 0.363. The van der Waals surface area contributed by atoms with Gasteiger partial charge in [-0.2, -0.15) is 0 Å². The maximum absolute atomic E-state index is 5.04. The SMILES string of the molecule is C1=CCCC(c2nc(-c3ccccc3)nc(-c3cccc(-c4ccc5c(c4)C4=C(CCC=C4)C5(c4ccccc4)c4ccncc4)c3)n2)=C1.CC.CCN. The average molecular weight is 706 g/mol. The van der Waals surface area contributed by atoms with Gasteiger partial charge in [-0.3, -0.25) is 4.98 Å². The highest BCUT2D eigenvalue weighted by atomic mass is 15.0. The van der Waals surface area contributed by atoms with Crippen molar-refractivity contribution in [2.75, 3.05) is 6.54 Å². The molecule has 3 aliphatic rings. The first kappa shape index (κ1) is 36.3. The second kappa shape index (κ2) is 16.7. The Bertz CT molecular complexity index is 2300. The molecule has 3 aliphatic carbocycles. The van der Waals surface area contributed by atoms with E-state index in [0.717, 1.165) is 60.3 Å². The molecular formula is C49H47N5. The van der Waals surface area contributed by atoms with Crippen LogP contribution >= 0.6 is 0 Å². The molecule has 54 heavy (non-hydrogen) atoms. The Hall–Kier alpha value is -6.04. The van der Waals surface area contributed by atoms with Gasteiger partial charge in [-0.05, 0) is 107 Å². The molecule has 5 nitrogen and oxygen atoms in total. The van der Waals surface area contributed by atoms with Crippen LogP contribution < -0.4 is 5.73 Å². The van der Waals surface area contributed by atoms with Crippen molar-refractivity contribution in [3.05, 3.63) is 192 Å². The lowest BCUT2D eigenvalue weighted by molar-refractivity contribution is 0.695. The van der Waals surface area contributed by atoms with Crippen LogP contribution in [0.25, 0.3) is 45.0 Å². The molecule has 0 fully saturated rings. The molecule has 9 rings (SSSR count). The zero-order chi connectivity index (χ0) is 37.3. The van der Waals surface area contributed by atoms with Crippen LogP contribution in [0.1, 0.15) is 74.5 Å². The lowest BCUT2D eigenvalue weighted by atomic mass is 9.65. The number of allylic oxidation sites excluding steroid dienone is 8. The Kier molecular flexibility index (Phi) is 11.3. The number of nitrogens with two attached hydrogens (primary N) is 1. The van der Waals surface area contributed by atoms with Gasteiger partial charge in [0.25, 0.3) is 0 Å². The zero-order valence-corrected chi connectivity index (χ0v) is 31.4. The van der Waals surface area contributed by atoms with E-state index in [0.29, 0.717) is 11.6 Å². The monoisotopic (exact) mass is 705 g/mol. The summed E-state index contributed by atoms with van der Waals surface area (Å²) in [5, 5.41) is 0. The van der Waals surface area contributed by atoms with Gasteiger partial charge >= 0.3 is 0 Å². The third-order valence-corrected chi connectivity index (χ3v) is 10.1.